The van der Waals surface area contributed by atoms with Gasteiger partial charge in [0, 0.05) is 31.0 Å². The Labute approximate surface area is 193 Å². The molecular formula is C26H27N3O4. The summed E-state index contributed by atoms with van der Waals surface area (Å²) in [5.74, 6) is 1.14. The molecule has 3 aromatic rings. The topological polar surface area (TPSA) is 71.1 Å². The molecule has 1 heterocycles. The molecule has 1 fully saturated rings. The number of amides is 3. The molecule has 3 aromatic carbocycles. The first-order valence-electron chi connectivity index (χ1n) is 10.9. The number of hydrogen-bond acceptors (Lipinski definition) is 4. The number of rotatable bonds is 8. The summed E-state index contributed by atoms with van der Waals surface area (Å²) in [5, 5.41) is 2.84. The molecule has 33 heavy (non-hydrogen) atoms. The minimum absolute atomic E-state index is 0.0556. The van der Waals surface area contributed by atoms with Gasteiger partial charge in [-0.05, 0) is 54.4 Å². The summed E-state index contributed by atoms with van der Waals surface area (Å²) in [7, 11) is 1.63. The number of ether oxygens (including phenoxy) is 2. The van der Waals surface area contributed by atoms with E-state index in [0.717, 1.165) is 23.4 Å². The van der Waals surface area contributed by atoms with Crippen molar-refractivity contribution in [3.63, 3.8) is 0 Å². The minimum atomic E-state index is -0.263. The first-order chi connectivity index (χ1) is 16.1. The smallest absolute Gasteiger partial charge is 0.324 e. The number of nitrogens with zero attached hydrogens (tertiary/aromatic N) is 2. The van der Waals surface area contributed by atoms with E-state index in [1.54, 1.807) is 30.2 Å². The first-order valence-corrected chi connectivity index (χ1v) is 10.9. The van der Waals surface area contributed by atoms with Crippen LogP contribution >= 0.6 is 0 Å². The minimum Gasteiger partial charge on any atom is -0.497 e. The van der Waals surface area contributed by atoms with Gasteiger partial charge in [0.1, 0.15) is 11.5 Å². The third-order valence-corrected chi connectivity index (χ3v) is 5.37. The zero-order chi connectivity index (χ0) is 23.0. The molecule has 4 rings (SSSR count). The Hall–Kier alpha value is -4.00. The third-order valence-electron chi connectivity index (χ3n) is 5.37. The lowest BCUT2D eigenvalue weighted by atomic mass is 10.1. The standard InChI is InChI=1S/C26H27N3O4/c1-32-24-13-5-8-20(16-24)18-28-14-7-15-29(26(28)31)22-10-6-9-21(17-22)27-25(30)19-33-23-11-3-2-4-12-23/h2-6,8-13,16-17H,7,14-15,18-19H2,1H3,(H,27,30). The molecule has 7 heteroatoms. The van der Waals surface area contributed by atoms with E-state index in [9.17, 15) is 9.59 Å². The molecule has 0 aliphatic carbocycles. The van der Waals surface area contributed by atoms with Crippen LogP contribution in [0.4, 0.5) is 16.2 Å². The van der Waals surface area contributed by atoms with Crippen molar-refractivity contribution in [3.8, 4) is 11.5 Å². The van der Waals surface area contributed by atoms with Crippen LogP contribution in [0.5, 0.6) is 11.5 Å². The van der Waals surface area contributed by atoms with Gasteiger partial charge in [-0.15, -0.1) is 0 Å². The second kappa shape index (κ2) is 10.5. The zero-order valence-electron chi connectivity index (χ0n) is 18.6. The fourth-order valence-corrected chi connectivity index (χ4v) is 3.77. The molecule has 0 atom stereocenters. The molecule has 7 nitrogen and oxygen atoms in total. The predicted octanol–water partition coefficient (Wildman–Crippen LogP) is 4.55. The summed E-state index contributed by atoms with van der Waals surface area (Å²) in [5.41, 5.74) is 2.38. The number of carbonyl (C=O) groups is 2. The Morgan fingerprint density at radius 1 is 0.939 bits per heavy atom. The number of hydrogen-bond donors (Lipinski definition) is 1. The molecule has 0 saturated carbocycles. The summed E-state index contributed by atoms with van der Waals surface area (Å²) in [4.78, 5) is 29.1. The van der Waals surface area contributed by atoms with Crippen molar-refractivity contribution in [2.45, 2.75) is 13.0 Å². The van der Waals surface area contributed by atoms with Gasteiger partial charge < -0.3 is 19.7 Å². The van der Waals surface area contributed by atoms with Crippen LogP contribution in [0.25, 0.3) is 0 Å². The summed E-state index contributed by atoms with van der Waals surface area (Å²) >= 11 is 0. The van der Waals surface area contributed by atoms with Crippen molar-refractivity contribution in [2.75, 3.05) is 37.0 Å². The van der Waals surface area contributed by atoms with Gasteiger partial charge >= 0.3 is 6.03 Å². The maximum atomic E-state index is 13.2. The summed E-state index contributed by atoms with van der Waals surface area (Å²) < 4.78 is 10.8. The van der Waals surface area contributed by atoms with Gasteiger partial charge in [0.15, 0.2) is 6.61 Å². The number of methoxy groups -OCH3 is 1. The second-order valence-corrected chi connectivity index (χ2v) is 7.76. The fourth-order valence-electron chi connectivity index (χ4n) is 3.77. The van der Waals surface area contributed by atoms with E-state index in [4.69, 9.17) is 9.47 Å². The quantitative estimate of drug-likeness (QED) is 0.552. The highest BCUT2D eigenvalue weighted by Crippen LogP contribution is 2.25. The van der Waals surface area contributed by atoms with E-state index in [1.807, 2.05) is 65.6 Å². The highest BCUT2D eigenvalue weighted by atomic mass is 16.5. The highest BCUT2D eigenvalue weighted by molar-refractivity contribution is 5.95. The van der Waals surface area contributed by atoms with E-state index in [1.165, 1.54) is 0 Å². The van der Waals surface area contributed by atoms with Crippen molar-refractivity contribution in [1.82, 2.24) is 4.90 Å². The van der Waals surface area contributed by atoms with Crippen molar-refractivity contribution < 1.29 is 19.1 Å². The lowest BCUT2D eigenvalue weighted by Crippen LogP contribution is -2.49. The van der Waals surface area contributed by atoms with E-state index < -0.39 is 0 Å². The monoisotopic (exact) mass is 445 g/mol. The molecule has 0 spiro atoms. The average Bonchev–Trinajstić information content (AvgIpc) is 2.85. The van der Waals surface area contributed by atoms with Crippen LogP contribution in [0.3, 0.4) is 0 Å². The summed E-state index contributed by atoms with van der Waals surface area (Å²) in [6.45, 7) is 1.74. The maximum absolute atomic E-state index is 13.2. The van der Waals surface area contributed by atoms with Crippen molar-refractivity contribution >= 4 is 23.3 Å². The van der Waals surface area contributed by atoms with Crippen molar-refractivity contribution in [3.05, 3.63) is 84.4 Å². The Morgan fingerprint density at radius 2 is 1.73 bits per heavy atom. The van der Waals surface area contributed by atoms with E-state index in [0.29, 0.717) is 31.1 Å². The van der Waals surface area contributed by atoms with Crippen LogP contribution in [0.2, 0.25) is 0 Å². The highest BCUT2D eigenvalue weighted by Gasteiger charge is 2.27. The molecule has 1 saturated heterocycles. The Morgan fingerprint density at radius 3 is 2.55 bits per heavy atom. The van der Waals surface area contributed by atoms with Gasteiger partial charge in [-0.2, -0.15) is 0 Å². The lowest BCUT2D eigenvalue weighted by molar-refractivity contribution is -0.118. The Balaban J connectivity index is 1.39. The Bertz CT molecular complexity index is 1100. The normalized spacial score (nSPS) is 13.5. The number of anilines is 2. The molecule has 0 unspecified atom stereocenters. The van der Waals surface area contributed by atoms with Gasteiger partial charge in [0.2, 0.25) is 0 Å². The van der Waals surface area contributed by atoms with Gasteiger partial charge in [-0.25, -0.2) is 4.79 Å². The second-order valence-electron chi connectivity index (χ2n) is 7.76. The van der Waals surface area contributed by atoms with Crippen molar-refractivity contribution in [1.29, 1.82) is 0 Å². The third kappa shape index (κ3) is 5.83. The van der Waals surface area contributed by atoms with Gasteiger partial charge in [-0.3, -0.25) is 9.69 Å². The summed E-state index contributed by atoms with van der Waals surface area (Å²) in [6.07, 6.45) is 0.858. The first kappa shape index (κ1) is 22.2. The van der Waals surface area contributed by atoms with Crippen LogP contribution in [0.15, 0.2) is 78.9 Å². The SMILES string of the molecule is COc1cccc(CN2CCCN(c3cccc(NC(=O)COc4ccccc4)c3)C2=O)c1. The molecule has 0 bridgehead atoms. The number of para-hydroxylation sites is 1. The van der Waals surface area contributed by atoms with E-state index in [-0.39, 0.29) is 18.5 Å². The number of carbonyl (C=O) groups excluding carboxylic acids is 2. The molecule has 1 aliphatic heterocycles. The predicted molar refractivity (Wildman–Crippen MR) is 128 cm³/mol. The van der Waals surface area contributed by atoms with Crippen LogP contribution in [-0.4, -0.2) is 43.6 Å². The maximum Gasteiger partial charge on any atom is 0.324 e. The fraction of sp³-hybridized carbons (Fsp3) is 0.231. The van der Waals surface area contributed by atoms with Gasteiger partial charge in [-0.1, -0.05) is 36.4 Å². The molecule has 3 amide bonds. The van der Waals surface area contributed by atoms with E-state index >= 15 is 0 Å². The molecule has 1 aliphatic rings. The van der Waals surface area contributed by atoms with E-state index in [2.05, 4.69) is 5.32 Å². The number of benzene rings is 3. The Kier molecular flexibility index (Phi) is 7.09. The van der Waals surface area contributed by atoms with Gasteiger partial charge in [0.05, 0.1) is 7.11 Å². The largest absolute Gasteiger partial charge is 0.497 e. The van der Waals surface area contributed by atoms with Crippen LogP contribution in [-0.2, 0) is 11.3 Å². The lowest BCUT2D eigenvalue weighted by Gasteiger charge is -2.36. The summed E-state index contributed by atoms with van der Waals surface area (Å²) in [6, 6.07) is 24.2. The molecule has 170 valence electrons. The van der Waals surface area contributed by atoms with Gasteiger partial charge in [0.25, 0.3) is 5.91 Å². The van der Waals surface area contributed by atoms with Crippen LogP contribution in [0.1, 0.15) is 12.0 Å². The van der Waals surface area contributed by atoms with Crippen LogP contribution < -0.4 is 19.7 Å². The zero-order valence-corrected chi connectivity index (χ0v) is 18.6. The molecule has 0 radical (unpaired) electrons. The molecular weight excluding hydrogens is 418 g/mol. The number of urea groups is 1. The average molecular weight is 446 g/mol. The molecule has 1 N–H and O–H groups in total. The van der Waals surface area contributed by atoms with Crippen LogP contribution in [0, 0.1) is 0 Å². The molecule has 0 aromatic heterocycles. The van der Waals surface area contributed by atoms with Crippen molar-refractivity contribution in [2.24, 2.45) is 0 Å². The number of nitrogens with one attached hydrogen (secondary N) is 1.